The number of aliphatic hydroxyl groups is 1. The first kappa shape index (κ1) is 19.7. The van der Waals surface area contributed by atoms with E-state index >= 15 is 0 Å². The first-order chi connectivity index (χ1) is 13.4. The number of rotatable bonds is 3. The minimum absolute atomic E-state index is 0.0492. The van der Waals surface area contributed by atoms with Crippen molar-refractivity contribution < 1.29 is 24.1 Å². The van der Waals surface area contributed by atoms with Crippen molar-refractivity contribution >= 4 is 0 Å². The predicted octanol–water partition coefficient (Wildman–Crippen LogP) is 3.73. The fourth-order valence-electron chi connectivity index (χ4n) is 8.39. The van der Waals surface area contributed by atoms with Crippen LogP contribution in [0.15, 0.2) is 0 Å². The Morgan fingerprint density at radius 2 is 1.71 bits per heavy atom. The SMILES string of the molecule is COCO[C@H]1CC[C@@]2(C)[C@@H](CC(O)[C@@H]3[C@@H]2CC[C@@]2(C)[C@H]3CCC23OCCO3)C1. The Bertz CT molecular complexity index is 590. The molecule has 160 valence electrons. The zero-order valence-electron chi connectivity index (χ0n) is 17.8. The van der Waals surface area contributed by atoms with Crippen molar-refractivity contribution in [2.75, 3.05) is 27.1 Å². The summed E-state index contributed by atoms with van der Waals surface area (Å²) in [6.07, 6.45) is 8.89. The van der Waals surface area contributed by atoms with Gasteiger partial charge in [0.15, 0.2) is 5.79 Å². The molecule has 8 atom stereocenters. The van der Waals surface area contributed by atoms with Crippen LogP contribution < -0.4 is 0 Å². The molecule has 5 heteroatoms. The van der Waals surface area contributed by atoms with Gasteiger partial charge in [-0.15, -0.1) is 0 Å². The Morgan fingerprint density at radius 3 is 2.46 bits per heavy atom. The molecule has 1 saturated heterocycles. The number of fused-ring (bicyclic) bond motifs is 6. The van der Waals surface area contributed by atoms with Crippen molar-refractivity contribution in [2.45, 2.75) is 83.2 Å². The van der Waals surface area contributed by atoms with E-state index in [1.54, 1.807) is 7.11 Å². The highest BCUT2D eigenvalue weighted by atomic mass is 16.7. The summed E-state index contributed by atoms with van der Waals surface area (Å²) < 4.78 is 23.5. The number of aliphatic hydroxyl groups excluding tert-OH is 1. The van der Waals surface area contributed by atoms with Crippen LogP contribution in [0.2, 0.25) is 0 Å². The van der Waals surface area contributed by atoms with Crippen molar-refractivity contribution in [2.24, 2.45) is 34.5 Å². The molecule has 1 spiro atoms. The van der Waals surface area contributed by atoms with E-state index < -0.39 is 0 Å². The molecule has 5 rings (SSSR count). The van der Waals surface area contributed by atoms with Gasteiger partial charge in [-0.2, -0.15) is 0 Å². The summed E-state index contributed by atoms with van der Waals surface area (Å²) in [5, 5.41) is 11.4. The Morgan fingerprint density at radius 1 is 0.964 bits per heavy atom. The van der Waals surface area contributed by atoms with Gasteiger partial charge < -0.3 is 24.1 Å². The van der Waals surface area contributed by atoms with Crippen LogP contribution in [0.5, 0.6) is 0 Å². The van der Waals surface area contributed by atoms with Gasteiger partial charge in [0.05, 0.1) is 25.4 Å². The quantitative estimate of drug-likeness (QED) is 0.739. The zero-order valence-corrected chi connectivity index (χ0v) is 17.8. The molecule has 1 unspecified atom stereocenters. The van der Waals surface area contributed by atoms with E-state index in [-0.39, 0.29) is 23.4 Å². The third kappa shape index (κ3) is 2.62. The predicted molar refractivity (Wildman–Crippen MR) is 105 cm³/mol. The fraction of sp³-hybridized carbons (Fsp3) is 1.00. The summed E-state index contributed by atoms with van der Waals surface area (Å²) >= 11 is 0. The normalized spacial score (nSPS) is 52.3. The van der Waals surface area contributed by atoms with Crippen LogP contribution in [0.1, 0.15) is 65.2 Å². The fourth-order valence-corrected chi connectivity index (χ4v) is 8.39. The Hall–Kier alpha value is -0.200. The summed E-state index contributed by atoms with van der Waals surface area (Å²) in [6.45, 7) is 6.74. The molecule has 1 heterocycles. The second-order valence-electron chi connectivity index (χ2n) is 10.7. The van der Waals surface area contributed by atoms with Gasteiger partial charge in [-0.1, -0.05) is 13.8 Å². The summed E-state index contributed by atoms with van der Waals surface area (Å²) in [5.41, 5.74) is 0.374. The first-order valence-electron chi connectivity index (χ1n) is 11.5. The number of hydrogen-bond acceptors (Lipinski definition) is 5. The van der Waals surface area contributed by atoms with Crippen molar-refractivity contribution in [3.8, 4) is 0 Å². The molecule has 1 N–H and O–H groups in total. The zero-order chi connectivity index (χ0) is 19.6. The molecular weight excluding hydrogens is 356 g/mol. The maximum atomic E-state index is 11.4. The summed E-state index contributed by atoms with van der Waals surface area (Å²) in [4.78, 5) is 0. The molecule has 0 aromatic rings. The lowest BCUT2D eigenvalue weighted by atomic mass is 9.44. The molecule has 1 aliphatic heterocycles. The van der Waals surface area contributed by atoms with E-state index in [2.05, 4.69) is 13.8 Å². The van der Waals surface area contributed by atoms with E-state index in [1.807, 2.05) is 0 Å². The van der Waals surface area contributed by atoms with Crippen molar-refractivity contribution in [3.63, 3.8) is 0 Å². The topological polar surface area (TPSA) is 57.2 Å². The highest BCUT2D eigenvalue weighted by molar-refractivity contribution is 5.14. The molecule has 0 radical (unpaired) electrons. The van der Waals surface area contributed by atoms with Gasteiger partial charge in [0, 0.05) is 18.9 Å². The lowest BCUT2D eigenvalue weighted by Crippen LogP contribution is -2.60. The van der Waals surface area contributed by atoms with Gasteiger partial charge in [0.25, 0.3) is 0 Å². The maximum Gasteiger partial charge on any atom is 0.174 e. The summed E-state index contributed by atoms with van der Waals surface area (Å²) in [7, 11) is 1.69. The highest BCUT2D eigenvalue weighted by Gasteiger charge is 2.68. The van der Waals surface area contributed by atoms with Crippen molar-refractivity contribution in [3.05, 3.63) is 0 Å². The largest absolute Gasteiger partial charge is 0.393 e. The molecule has 0 amide bonds. The summed E-state index contributed by atoms with van der Waals surface area (Å²) in [5.74, 6) is 1.69. The monoisotopic (exact) mass is 394 g/mol. The van der Waals surface area contributed by atoms with E-state index in [0.29, 0.717) is 35.9 Å². The Labute approximate surface area is 169 Å². The van der Waals surface area contributed by atoms with Gasteiger partial charge in [-0.3, -0.25) is 0 Å². The average Bonchev–Trinajstić information content (AvgIpc) is 3.27. The molecule has 4 saturated carbocycles. The Kier molecular flexibility index (Phi) is 4.87. The van der Waals surface area contributed by atoms with E-state index in [4.69, 9.17) is 18.9 Å². The van der Waals surface area contributed by atoms with Gasteiger partial charge in [-0.05, 0) is 74.0 Å². The van der Waals surface area contributed by atoms with Crippen LogP contribution >= 0.6 is 0 Å². The molecule has 5 nitrogen and oxygen atoms in total. The summed E-state index contributed by atoms with van der Waals surface area (Å²) in [6, 6.07) is 0. The molecule has 0 aromatic heterocycles. The standard InChI is InChI=1S/C23H38O5/c1-21-7-4-16(26-14-25-3)12-15(21)13-19(24)20-17(21)5-8-22(2)18(20)6-9-23(22)27-10-11-28-23/h15-20,24H,4-14H2,1-3H3/t15-,16+,17+,18+,19?,20-,21+,22+/m1/s1. The molecule has 5 fully saturated rings. The van der Waals surface area contributed by atoms with Crippen LogP contribution in [0.25, 0.3) is 0 Å². The van der Waals surface area contributed by atoms with Gasteiger partial charge in [0.1, 0.15) is 6.79 Å². The van der Waals surface area contributed by atoms with Crippen molar-refractivity contribution in [1.29, 1.82) is 0 Å². The van der Waals surface area contributed by atoms with Crippen LogP contribution in [0.4, 0.5) is 0 Å². The van der Waals surface area contributed by atoms with Crippen molar-refractivity contribution in [1.82, 2.24) is 0 Å². The molecular formula is C23H38O5. The number of methoxy groups -OCH3 is 1. The van der Waals surface area contributed by atoms with E-state index in [9.17, 15) is 5.11 Å². The minimum Gasteiger partial charge on any atom is -0.393 e. The lowest BCUT2D eigenvalue weighted by molar-refractivity contribution is -0.257. The first-order valence-corrected chi connectivity index (χ1v) is 11.5. The average molecular weight is 395 g/mol. The molecule has 0 bridgehead atoms. The third-order valence-electron chi connectivity index (χ3n) is 9.85. The minimum atomic E-state index is -0.383. The van der Waals surface area contributed by atoms with Crippen LogP contribution in [0, 0.1) is 34.5 Å². The number of hydrogen-bond donors (Lipinski definition) is 1. The van der Waals surface area contributed by atoms with E-state index in [1.165, 1.54) is 12.8 Å². The van der Waals surface area contributed by atoms with Gasteiger partial charge >= 0.3 is 0 Å². The highest BCUT2D eigenvalue weighted by Crippen LogP contribution is 2.69. The molecule has 5 aliphatic rings. The van der Waals surface area contributed by atoms with Gasteiger partial charge in [0.2, 0.25) is 0 Å². The van der Waals surface area contributed by atoms with Gasteiger partial charge in [-0.25, -0.2) is 0 Å². The Balaban J connectivity index is 1.39. The molecule has 0 aromatic carbocycles. The van der Waals surface area contributed by atoms with Crippen LogP contribution in [0.3, 0.4) is 0 Å². The third-order valence-corrected chi connectivity index (χ3v) is 9.85. The van der Waals surface area contributed by atoms with E-state index in [0.717, 1.165) is 51.7 Å². The lowest BCUT2D eigenvalue weighted by Gasteiger charge is -2.62. The molecule has 4 aliphatic carbocycles. The maximum absolute atomic E-state index is 11.4. The second kappa shape index (κ2) is 6.91. The second-order valence-corrected chi connectivity index (χ2v) is 10.7. The molecule has 28 heavy (non-hydrogen) atoms. The van der Waals surface area contributed by atoms with Crippen LogP contribution in [-0.4, -0.2) is 50.2 Å². The smallest absolute Gasteiger partial charge is 0.174 e. The van der Waals surface area contributed by atoms with Crippen LogP contribution in [-0.2, 0) is 18.9 Å². The number of ether oxygens (including phenoxy) is 4.